The summed E-state index contributed by atoms with van der Waals surface area (Å²) in [7, 11) is -0.405. The molecule has 0 radical (unpaired) electrons. The van der Waals surface area contributed by atoms with Crippen molar-refractivity contribution >= 4 is 14.4 Å². The normalized spacial score (nSPS) is 22.5. The molecular formula is C24H41NO5Si. The molecule has 0 saturated carbocycles. The Kier molecular flexibility index (Phi) is 7.56. The van der Waals surface area contributed by atoms with E-state index in [-0.39, 0.29) is 17.7 Å². The lowest BCUT2D eigenvalue weighted by atomic mass is 9.88. The van der Waals surface area contributed by atoms with Gasteiger partial charge < -0.3 is 19.0 Å². The van der Waals surface area contributed by atoms with Crippen molar-refractivity contribution in [3.8, 4) is 5.75 Å². The molecule has 0 aromatic heterocycles. The van der Waals surface area contributed by atoms with Gasteiger partial charge >= 0.3 is 6.09 Å². The van der Waals surface area contributed by atoms with Crippen LogP contribution in [0.2, 0.25) is 18.1 Å². The first-order chi connectivity index (χ1) is 14.1. The van der Waals surface area contributed by atoms with E-state index in [2.05, 4.69) is 33.9 Å². The van der Waals surface area contributed by atoms with Gasteiger partial charge in [0.05, 0.1) is 25.4 Å². The molecule has 1 heterocycles. The standard InChI is InChI=1S/C24H41NO5Si/c1-22(2,3)29-21(27)25-16-20(30-31(8,9)23(4,5)6)15-24(25,17-26)14-18-10-12-19(28-7)13-11-18/h10-13,20,26H,14-17H2,1-9H3/t20-,24?/m1/s1. The minimum absolute atomic E-state index is 0.0597. The number of amides is 1. The summed E-state index contributed by atoms with van der Waals surface area (Å²) in [6.45, 7) is 16.9. The number of benzene rings is 1. The Balaban J connectivity index is 2.35. The van der Waals surface area contributed by atoms with Gasteiger partial charge in [0.25, 0.3) is 0 Å². The van der Waals surface area contributed by atoms with Crippen molar-refractivity contribution < 1.29 is 23.8 Å². The van der Waals surface area contributed by atoms with Gasteiger partial charge in [0.1, 0.15) is 11.4 Å². The van der Waals surface area contributed by atoms with Crippen LogP contribution in [0, 0.1) is 0 Å². The van der Waals surface area contributed by atoms with E-state index in [1.54, 1.807) is 12.0 Å². The molecule has 1 aromatic rings. The molecule has 1 fully saturated rings. The molecule has 176 valence electrons. The molecular weight excluding hydrogens is 410 g/mol. The van der Waals surface area contributed by atoms with Gasteiger partial charge in [-0.2, -0.15) is 0 Å². The van der Waals surface area contributed by atoms with Crippen LogP contribution in [0.4, 0.5) is 4.79 Å². The summed E-state index contributed by atoms with van der Waals surface area (Å²) < 4.78 is 17.6. The van der Waals surface area contributed by atoms with Crippen LogP contribution < -0.4 is 4.74 Å². The van der Waals surface area contributed by atoms with Crippen LogP contribution in [0.3, 0.4) is 0 Å². The van der Waals surface area contributed by atoms with Gasteiger partial charge in [-0.3, -0.25) is 4.90 Å². The molecule has 7 heteroatoms. The van der Waals surface area contributed by atoms with Crippen molar-refractivity contribution in [2.75, 3.05) is 20.3 Å². The molecule has 6 nitrogen and oxygen atoms in total. The molecule has 1 aromatic carbocycles. The molecule has 0 spiro atoms. The van der Waals surface area contributed by atoms with Gasteiger partial charge in [-0.1, -0.05) is 32.9 Å². The van der Waals surface area contributed by atoms with Crippen molar-refractivity contribution in [1.29, 1.82) is 0 Å². The summed E-state index contributed by atoms with van der Waals surface area (Å²) >= 11 is 0. The third-order valence-corrected chi connectivity index (χ3v) is 11.0. The van der Waals surface area contributed by atoms with Crippen molar-refractivity contribution in [3.63, 3.8) is 0 Å². The zero-order valence-corrected chi connectivity index (χ0v) is 21.7. The van der Waals surface area contributed by atoms with Crippen LogP contribution in [-0.4, -0.2) is 61.9 Å². The third-order valence-electron chi connectivity index (χ3n) is 6.43. The van der Waals surface area contributed by atoms with Crippen molar-refractivity contribution in [2.24, 2.45) is 0 Å². The van der Waals surface area contributed by atoms with Crippen molar-refractivity contribution in [3.05, 3.63) is 29.8 Å². The van der Waals surface area contributed by atoms with E-state index < -0.39 is 25.6 Å². The van der Waals surface area contributed by atoms with Crippen molar-refractivity contribution in [1.82, 2.24) is 4.90 Å². The predicted molar refractivity (Wildman–Crippen MR) is 126 cm³/mol. The molecule has 1 unspecified atom stereocenters. The molecule has 2 atom stereocenters. The van der Waals surface area contributed by atoms with Crippen LogP contribution in [0.15, 0.2) is 24.3 Å². The van der Waals surface area contributed by atoms with Gasteiger partial charge in [0.2, 0.25) is 0 Å². The maximum Gasteiger partial charge on any atom is 0.410 e. The number of rotatable bonds is 6. The largest absolute Gasteiger partial charge is 0.497 e. The summed E-state index contributed by atoms with van der Waals surface area (Å²) in [6, 6.07) is 7.75. The number of ether oxygens (including phenoxy) is 2. The quantitative estimate of drug-likeness (QED) is 0.617. The molecule has 1 saturated heterocycles. The summed E-state index contributed by atoms with van der Waals surface area (Å²) in [5.74, 6) is 0.774. The Morgan fingerprint density at radius 3 is 2.19 bits per heavy atom. The first-order valence-corrected chi connectivity index (χ1v) is 14.0. The average Bonchev–Trinajstić information content (AvgIpc) is 2.98. The van der Waals surface area contributed by atoms with Crippen LogP contribution in [0.1, 0.15) is 53.5 Å². The lowest BCUT2D eigenvalue weighted by molar-refractivity contribution is -0.00476. The molecule has 2 rings (SSSR count). The maximum atomic E-state index is 13.2. The van der Waals surface area contributed by atoms with E-state index in [9.17, 15) is 9.90 Å². The van der Waals surface area contributed by atoms with E-state index >= 15 is 0 Å². The van der Waals surface area contributed by atoms with E-state index in [1.807, 2.05) is 45.0 Å². The minimum atomic E-state index is -2.04. The van der Waals surface area contributed by atoms with E-state index in [0.717, 1.165) is 11.3 Å². The number of carbonyl (C=O) groups excluding carboxylic acids is 1. The highest BCUT2D eigenvalue weighted by atomic mass is 28.4. The number of aliphatic hydroxyl groups is 1. The van der Waals surface area contributed by atoms with Crippen LogP contribution in [-0.2, 0) is 15.6 Å². The summed E-state index contributed by atoms with van der Waals surface area (Å²) in [5.41, 5.74) is -0.364. The second-order valence-corrected chi connectivity index (χ2v) is 16.0. The SMILES string of the molecule is COc1ccc(CC2(CO)C[C@@H](O[Si](C)(C)C(C)(C)C)CN2C(=O)OC(C)(C)C)cc1. The third kappa shape index (κ3) is 6.24. The van der Waals surface area contributed by atoms with E-state index in [1.165, 1.54) is 0 Å². The number of aliphatic hydroxyl groups excluding tert-OH is 1. The molecule has 0 bridgehead atoms. The Bertz CT molecular complexity index is 751. The molecule has 31 heavy (non-hydrogen) atoms. The first-order valence-electron chi connectivity index (χ1n) is 11.0. The number of likely N-dealkylation sites (tertiary alicyclic amines) is 1. The number of nitrogens with zero attached hydrogens (tertiary/aromatic N) is 1. The lowest BCUT2D eigenvalue weighted by Gasteiger charge is -2.38. The summed E-state index contributed by atoms with van der Waals surface area (Å²) in [4.78, 5) is 14.9. The summed E-state index contributed by atoms with van der Waals surface area (Å²) in [5, 5.41) is 10.6. The molecule has 1 aliphatic heterocycles. The van der Waals surface area contributed by atoms with Gasteiger partial charge in [-0.25, -0.2) is 4.79 Å². The maximum absolute atomic E-state index is 13.2. The Hall–Kier alpha value is -1.57. The zero-order valence-electron chi connectivity index (χ0n) is 20.7. The Morgan fingerprint density at radius 1 is 1.16 bits per heavy atom. The zero-order chi connectivity index (χ0) is 23.7. The van der Waals surface area contributed by atoms with Gasteiger partial charge in [0.15, 0.2) is 8.32 Å². The fourth-order valence-corrected chi connectivity index (χ4v) is 5.09. The minimum Gasteiger partial charge on any atom is -0.497 e. The van der Waals surface area contributed by atoms with E-state index in [4.69, 9.17) is 13.9 Å². The highest BCUT2D eigenvalue weighted by Gasteiger charge is 2.51. The highest BCUT2D eigenvalue weighted by Crippen LogP contribution is 2.42. The Morgan fingerprint density at radius 2 is 1.74 bits per heavy atom. The second-order valence-electron chi connectivity index (χ2n) is 11.2. The highest BCUT2D eigenvalue weighted by molar-refractivity contribution is 6.74. The number of hydrogen-bond donors (Lipinski definition) is 1. The molecule has 1 amide bonds. The number of carbonyl (C=O) groups is 1. The van der Waals surface area contributed by atoms with Gasteiger partial charge in [-0.15, -0.1) is 0 Å². The fraction of sp³-hybridized carbons (Fsp3) is 0.708. The van der Waals surface area contributed by atoms with Crippen LogP contribution >= 0.6 is 0 Å². The average molecular weight is 452 g/mol. The fourth-order valence-electron chi connectivity index (χ4n) is 3.75. The summed E-state index contributed by atoms with van der Waals surface area (Å²) in [6.07, 6.45) is 0.543. The first kappa shape index (κ1) is 25.7. The number of methoxy groups -OCH3 is 1. The lowest BCUT2D eigenvalue weighted by Crippen LogP contribution is -2.53. The van der Waals surface area contributed by atoms with Crippen LogP contribution in [0.25, 0.3) is 0 Å². The van der Waals surface area contributed by atoms with E-state index in [0.29, 0.717) is 19.4 Å². The monoisotopic (exact) mass is 451 g/mol. The predicted octanol–water partition coefficient (Wildman–Crippen LogP) is 5.00. The van der Waals surface area contributed by atoms with Crippen LogP contribution in [0.5, 0.6) is 5.75 Å². The molecule has 1 N–H and O–H groups in total. The number of hydrogen-bond acceptors (Lipinski definition) is 5. The second kappa shape index (κ2) is 9.12. The molecule has 1 aliphatic rings. The smallest absolute Gasteiger partial charge is 0.410 e. The topological polar surface area (TPSA) is 68.2 Å². The van der Waals surface area contributed by atoms with Gasteiger partial charge in [0, 0.05) is 13.0 Å². The molecule has 0 aliphatic carbocycles. The van der Waals surface area contributed by atoms with Gasteiger partial charge in [-0.05, 0) is 63.0 Å². The Labute approximate surface area is 189 Å². The van der Waals surface area contributed by atoms with Crippen molar-refractivity contribution in [2.45, 2.75) is 89.8 Å².